The number of benzene rings is 3. The van der Waals surface area contributed by atoms with Crippen LogP contribution < -0.4 is 15.4 Å². The predicted octanol–water partition coefficient (Wildman–Crippen LogP) is 4.21. The van der Waals surface area contributed by atoms with E-state index in [-0.39, 0.29) is 17.7 Å². The standard InChI is InChI=1S/C38H36N8O5/c1-43-37(49)51-35(42-43)26-5-3-24(4-6-26)25-11-15-45(16-12-25)33(47)22-44-17-13-38(23-44)14-18-46(36(38)48)29-8-9-31-30(20-29)34(41-40-31)27-7-10-32(50-2)28(19-27)21-39/h3-11,19-20H,12-18,22-23H2,1-2H3,(H,40,41). The maximum atomic E-state index is 14.0. The van der Waals surface area contributed by atoms with Gasteiger partial charge in [-0.2, -0.15) is 15.0 Å². The van der Waals surface area contributed by atoms with Gasteiger partial charge in [0.2, 0.25) is 17.7 Å². The molecule has 1 spiro atoms. The highest BCUT2D eigenvalue weighted by atomic mass is 16.5. The molecule has 3 aromatic carbocycles. The van der Waals surface area contributed by atoms with Crippen LogP contribution in [0.15, 0.2) is 76.0 Å². The van der Waals surface area contributed by atoms with Crippen LogP contribution >= 0.6 is 0 Å². The van der Waals surface area contributed by atoms with Gasteiger partial charge in [-0.15, -0.1) is 5.10 Å². The number of rotatable bonds is 7. The first-order chi connectivity index (χ1) is 24.7. The Labute approximate surface area is 293 Å². The van der Waals surface area contributed by atoms with Crippen molar-refractivity contribution < 1.29 is 18.7 Å². The summed E-state index contributed by atoms with van der Waals surface area (Å²) in [5, 5.41) is 22.2. The first-order valence-corrected chi connectivity index (χ1v) is 17.0. The highest BCUT2D eigenvalue weighted by molar-refractivity contribution is 6.03. The first kappa shape index (κ1) is 32.2. The summed E-state index contributed by atoms with van der Waals surface area (Å²) in [6.07, 6.45) is 4.29. The van der Waals surface area contributed by atoms with Crippen molar-refractivity contribution in [2.75, 3.05) is 51.3 Å². The second-order valence-corrected chi connectivity index (χ2v) is 13.5. The third kappa shape index (κ3) is 5.77. The average Bonchev–Trinajstić information content (AvgIpc) is 3.94. The summed E-state index contributed by atoms with van der Waals surface area (Å²) in [6, 6.07) is 21.2. The van der Waals surface area contributed by atoms with Gasteiger partial charge in [0.15, 0.2) is 0 Å². The normalized spacial score (nSPS) is 19.2. The van der Waals surface area contributed by atoms with E-state index in [9.17, 15) is 19.6 Å². The molecule has 1 unspecified atom stereocenters. The molecular weight excluding hydrogens is 648 g/mol. The number of methoxy groups -OCH3 is 1. The number of carbonyl (C=O) groups excluding carboxylic acids is 2. The van der Waals surface area contributed by atoms with Crippen LogP contribution in [0.3, 0.4) is 0 Å². The quantitative estimate of drug-likeness (QED) is 0.266. The third-order valence-corrected chi connectivity index (χ3v) is 10.5. The number of aromatic nitrogens is 4. The number of likely N-dealkylation sites (tertiary alicyclic amines) is 1. The molecule has 51 heavy (non-hydrogen) atoms. The summed E-state index contributed by atoms with van der Waals surface area (Å²) in [4.78, 5) is 45.0. The zero-order chi connectivity index (χ0) is 35.3. The number of aromatic amines is 1. The number of ether oxygens (including phenoxy) is 1. The number of fused-ring (bicyclic) bond motifs is 1. The number of carbonyl (C=O) groups is 2. The lowest BCUT2D eigenvalue weighted by Crippen LogP contribution is -2.43. The third-order valence-electron chi connectivity index (χ3n) is 10.5. The van der Waals surface area contributed by atoms with Crippen molar-refractivity contribution in [1.29, 1.82) is 5.26 Å². The van der Waals surface area contributed by atoms with E-state index in [0.717, 1.165) is 57.2 Å². The number of nitriles is 1. The lowest BCUT2D eigenvalue weighted by atomic mass is 9.85. The van der Waals surface area contributed by atoms with E-state index in [1.54, 1.807) is 19.2 Å². The fourth-order valence-electron chi connectivity index (χ4n) is 7.61. The minimum atomic E-state index is -0.509. The van der Waals surface area contributed by atoms with Crippen molar-refractivity contribution in [3.63, 3.8) is 0 Å². The first-order valence-electron chi connectivity index (χ1n) is 17.0. The predicted molar refractivity (Wildman–Crippen MR) is 190 cm³/mol. The van der Waals surface area contributed by atoms with Gasteiger partial charge in [-0.05, 0) is 85.5 Å². The van der Waals surface area contributed by atoms with Gasteiger partial charge in [-0.25, -0.2) is 4.79 Å². The number of nitrogens with zero attached hydrogens (tertiary/aromatic N) is 7. The molecule has 3 aliphatic heterocycles. The smallest absolute Gasteiger partial charge is 0.437 e. The Hall–Kier alpha value is -6.00. The summed E-state index contributed by atoms with van der Waals surface area (Å²) >= 11 is 0. The number of nitrogens with one attached hydrogen (secondary N) is 1. The molecule has 0 saturated carbocycles. The van der Waals surface area contributed by atoms with Crippen molar-refractivity contribution in [1.82, 2.24) is 29.8 Å². The SMILES string of the molecule is COc1ccc(-c2n[nH]c3ccc(N4CCC5(CCN(CC(=O)N6CC=C(c7ccc(-c8nn(C)c(=O)o8)cc7)CC6)C5)C4=O)cc23)cc1C#N. The van der Waals surface area contributed by atoms with Crippen molar-refractivity contribution in [3.8, 4) is 34.5 Å². The summed E-state index contributed by atoms with van der Waals surface area (Å²) in [5.74, 6) is 0.450. The summed E-state index contributed by atoms with van der Waals surface area (Å²) in [6.45, 7) is 3.32. The second-order valence-electron chi connectivity index (χ2n) is 13.5. The molecule has 3 aliphatic rings. The van der Waals surface area contributed by atoms with Crippen LogP contribution in [-0.2, 0) is 16.6 Å². The maximum Gasteiger partial charge on any atom is 0.437 e. The van der Waals surface area contributed by atoms with Crippen molar-refractivity contribution in [2.24, 2.45) is 12.5 Å². The van der Waals surface area contributed by atoms with Gasteiger partial charge in [0, 0.05) is 55.4 Å². The minimum absolute atomic E-state index is 0.0706. The maximum absolute atomic E-state index is 14.0. The van der Waals surface area contributed by atoms with Crippen LogP contribution in [0.2, 0.25) is 0 Å². The monoisotopic (exact) mass is 684 g/mol. The molecule has 13 nitrogen and oxygen atoms in total. The van der Waals surface area contributed by atoms with Crippen molar-refractivity contribution in [2.45, 2.75) is 19.3 Å². The van der Waals surface area contributed by atoms with Gasteiger partial charge in [0.1, 0.15) is 17.5 Å². The van der Waals surface area contributed by atoms with Gasteiger partial charge < -0.3 is 19.0 Å². The number of amides is 2. The van der Waals surface area contributed by atoms with Crippen LogP contribution in [0.4, 0.5) is 5.69 Å². The van der Waals surface area contributed by atoms with Crippen molar-refractivity contribution in [3.05, 3.63) is 88.4 Å². The molecule has 5 heterocycles. The fraction of sp³-hybridized carbons (Fsp3) is 0.316. The molecule has 2 aromatic heterocycles. The second kappa shape index (κ2) is 12.7. The summed E-state index contributed by atoms with van der Waals surface area (Å²) in [5.41, 5.74) is 6.00. The number of aryl methyl sites for hydroxylation is 1. The van der Waals surface area contributed by atoms with E-state index in [2.05, 4.69) is 32.3 Å². The molecule has 0 radical (unpaired) electrons. The van der Waals surface area contributed by atoms with Crippen LogP contribution in [0.5, 0.6) is 5.75 Å². The topological polar surface area (TPSA) is 154 Å². The molecule has 2 amide bonds. The van der Waals surface area contributed by atoms with Gasteiger partial charge in [-0.3, -0.25) is 19.6 Å². The lowest BCUT2D eigenvalue weighted by Gasteiger charge is -2.29. The average molecular weight is 685 g/mol. The largest absolute Gasteiger partial charge is 0.495 e. The lowest BCUT2D eigenvalue weighted by molar-refractivity contribution is -0.132. The van der Waals surface area contributed by atoms with E-state index >= 15 is 0 Å². The molecule has 0 bridgehead atoms. The Bertz CT molecular complexity index is 2310. The molecule has 8 rings (SSSR count). The number of H-pyrrole nitrogens is 1. The molecule has 0 aliphatic carbocycles. The Morgan fingerprint density at radius 3 is 2.53 bits per heavy atom. The number of anilines is 1. The van der Waals surface area contributed by atoms with Crippen LogP contribution in [0.1, 0.15) is 30.4 Å². The van der Waals surface area contributed by atoms with Crippen LogP contribution in [0, 0.1) is 16.7 Å². The van der Waals surface area contributed by atoms with E-state index in [0.29, 0.717) is 56.3 Å². The van der Waals surface area contributed by atoms with E-state index < -0.39 is 11.2 Å². The summed E-state index contributed by atoms with van der Waals surface area (Å²) < 4.78 is 11.7. The zero-order valence-corrected chi connectivity index (χ0v) is 28.4. The fourth-order valence-corrected chi connectivity index (χ4v) is 7.61. The van der Waals surface area contributed by atoms with Crippen LogP contribution in [-0.4, -0.2) is 88.0 Å². The Balaban J connectivity index is 0.901. The van der Waals surface area contributed by atoms with E-state index in [1.165, 1.54) is 12.7 Å². The minimum Gasteiger partial charge on any atom is -0.495 e. The molecule has 13 heteroatoms. The van der Waals surface area contributed by atoms with Gasteiger partial charge in [-0.1, -0.05) is 18.2 Å². The molecule has 1 atom stereocenters. The van der Waals surface area contributed by atoms with E-state index in [4.69, 9.17) is 9.15 Å². The highest BCUT2D eigenvalue weighted by Gasteiger charge is 2.51. The molecule has 5 aromatic rings. The Morgan fingerprint density at radius 1 is 1.02 bits per heavy atom. The van der Waals surface area contributed by atoms with E-state index in [1.807, 2.05) is 58.3 Å². The van der Waals surface area contributed by atoms with Crippen molar-refractivity contribution >= 4 is 34.0 Å². The Morgan fingerprint density at radius 2 is 1.80 bits per heavy atom. The number of hydrogen-bond donors (Lipinski definition) is 1. The van der Waals surface area contributed by atoms with Gasteiger partial charge in [0.05, 0.1) is 30.1 Å². The molecule has 258 valence electrons. The van der Waals surface area contributed by atoms with Crippen LogP contribution in [0.25, 0.3) is 39.2 Å². The highest BCUT2D eigenvalue weighted by Crippen LogP contribution is 2.43. The molecule has 2 fully saturated rings. The van der Waals surface area contributed by atoms with Gasteiger partial charge >= 0.3 is 5.76 Å². The number of hydrogen-bond acceptors (Lipinski definition) is 9. The molecule has 2 saturated heterocycles. The molecular formula is C38H36N8O5. The zero-order valence-electron chi connectivity index (χ0n) is 28.4. The molecule has 1 N–H and O–H groups in total. The van der Waals surface area contributed by atoms with Gasteiger partial charge in [0.25, 0.3) is 0 Å². The Kier molecular flexibility index (Phi) is 8.03. The summed E-state index contributed by atoms with van der Waals surface area (Å²) in [7, 11) is 3.08.